The van der Waals surface area contributed by atoms with E-state index in [0.717, 1.165) is 24.0 Å². The van der Waals surface area contributed by atoms with Crippen molar-refractivity contribution in [2.45, 2.75) is 85.2 Å². The first-order valence-corrected chi connectivity index (χ1v) is 16.5. The molecule has 1 saturated heterocycles. The van der Waals surface area contributed by atoms with Gasteiger partial charge in [0.2, 0.25) is 15.9 Å². The molecule has 2 aromatic carbocycles. The molecule has 0 radical (unpaired) electrons. The molecule has 2 aromatic rings. The molecule has 1 fully saturated rings. The Hall–Kier alpha value is -2.71. The molecule has 0 aliphatic carbocycles. The molecule has 1 heterocycles. The van der Waals surface area contributed by atoms with E-state index in [-0.39, 0.29) is 30.2 Å². The van der Waals surface area contributed by atoms with E-state index in [9.17, 15) is 18.0 Å². The topological polar surface area (TPSA) is 78.0 Å². The quantitative estimate of drug-likeness (QED) is 0.285. The van der Waals surface area contributed by atoms with E-state index in [1.165, 1.54) is 22.7 Å². The van der Waals surface area contributed by atoms with Gasteiger partial charge in [-0.25, -0.2) is 8.42 Å². The summed E-state index contributed by atoms with van der Waals surface area (Å²) in [5.74, 6) is -0.186. The average molecular weight is 570 g/mol. The van der Waals surface area contributed by atoms with Crippen LogP contribution in [0.15, 0.2) is 48.5 Å². The predicted octanol–water partition coefficient (Wildman–Crippen LogP) is 5.42. The molecule has 0 aromatic heterocycles. The van der Waals surface area contributed by atoms with Gasteiger partial charge in [-0.15, -0.1) is 0 Å². The van der Waals surface area contributed by atoms with Gasteiger partial charge >= 0.3 is 0 Å². The van der Waals surface area contributed by atoms with Crippen LogP contribution in [0.4, 0.5) is 0 Å². The monoisotopic (exact) mass is 569 g/mol. The number of unbranched alkanes of at least 4 members (excludes halogenated alkanes) is 2. The molecule has 0 unspecified atom stereocenters. The summed E-state index contributed by atoms with van der Waals surface area (Å²) in [6.45, 7) is 9.47. The lowest BCUT2D eigenvalue weighted by Crippen LogP contribution is -2.51. The van der Waals surface area contributed by atoms with Crippen LogP contribution in [0.3, 0.4) is 0 Å². The first-order valence-electron chi connectivity index (χ1n) is 14.9. The fraction of sp³-hybridized carbons (Fsp3) is 0.562. The summed E-state index contributed by atoms with van der Waals surface area (Å²) in [6.07, 6.45) is 6.56. The summed E-state index contributed by atoms with van der Waals surface area (Å²) in [5, 5.41) is 0. The smallest absolute Gasteiger partial charge is 0.253 e. The Kier molecular flexibility index (Phi) is 12.2. The number of hydrogen-bond acceptors (Lipinski definition) is 4. The van der Waals surface area contributed by atoms with Gasteiger partial charge in [0.05, 0.1) is 12.3 Å². The zero-order valence-corrected chi connectivity index (χ0v) is 25.6. The molecule has 7 nitrogen and oxygen atoms in total. The number of benzene rings is 2. The summed E-state index contributed by atoms with van der Waals surface area (Å²) in [4.78, 5) is 30.7. The number of nitrogens with zero attached hydrogens (tertiary/aromatic N) is 3. The Morgan fingerprint density at radius 2 is 1.60 bits per heavy atom. The van der Waals surface area contributed by atoms with Gasteiger partial charge in [0.15, 0.2) is 0 Å². The van der Waals surface area contributed by atoms with E-state index in [1.807, 2.05) is 60.0 Å². The Labute approximate surface area is 241 Å². The lowest BCUT2D eigenvalue weighted by atomic mass is 9.99. The summed E-state index contributed by atoms with van der Waals surface area (Å²) < 4.78 is 26.7. The molecule has 3 rings (SSSR count). The van der Waals surface area contributed by atoms with Crippen LogP contribution >= 0.6 is 0 Å². The largest absolute Gasteiger partial charge is 0.338 e. The molecule has 0 spiro atoms. The zero-order valence-electron chi connectivity index (χ0n) is 24.8. The molecule has 0 N–H and O–H groups in total. The van der Waals surface area contributed by atoms with Gasteiger partial charge in [-0.3, -0.25) is 9.59 Å². The highest BCUT2D eigenvalue weighted by molar-refractivity contribution is 7.89. The minimum Gasteiger partial charge on any atom is -0.338 e. The van der Waals surface area contributed by atoms with Crippen molar-refractivity contribution in [3.05, 3.63) is 70.8 Å². The molecule has 0 saturated carbocycles. The molecular weight excluding hydrogens is 522 g/mol. The van der Waals surface area contributed by atoms with Crippen LogP contribution < -0.4 is 0 Å². The molecule has 1 aliphatic heterocycles. The highest BCUT2D eigenvalue weighted by Crippen LogP contribution is 2.23. The molecular formula is C32H47N3O4S. The summed E-state index contributed by atoms with van der Waals surface area (Å²) in [7, 11) is -3.49. The molecule has 0 bridgehead atoms. The number of piperidine rings is 1. The normalized spacial score (nSPS) is 14.5. The predicted molar refractivity (Wildman–Crippen MR) is 162 cm³/mol. The van der Waals surface area contributed by atoms with Crippen LogP contribution in [-0.2, 0) is 27.8 Å². The van der Waals surface area contributed by atoms with E-state index >= 15 is 0 Å². The van der Waals surface area contributed by atoms with Gasteiger partial charge in [-0.05, 0) is 74.8 Å². The third-order valence-electron chi connectivity index (χ3n) is 7.93. The Bertz CT molecular complexity index is 1200. The molecule has 0 atom stereocenters. The molecule has 220 valence electrons. The van der Waals surface area contributed by atoms with Gasteiger partial charge in [-0.1, -0.05) is 63.1 Å². The van der Waals surface area contributed by atoms with E-state index in [0.29, 0.717) is 51.0 Å². The standard InChI is InChI=1S/C32H47N3O4S/c1-5-8-9-13-27-15-17-28(18-16-27)32(37)33-22-19-30(20-23-33)35(24-29-14-11-10-12-26(29)4)31(36)25-34(21-6-2)40(38,39)7-3/h10-12,14-18,30H,5-9,13,19-25H2,1-4H3. The van der Waals surface area contributed by atoms with Crippen molar-refractivity contribution < 1.29 is 18.0 Å². The van der Waals surface area contributed by atoms with Crippen LogP contribution in [0.5, 0.6) is 0 Å². The van der Waals surface area contributed by atoms with E-state index in [1.54, 1.807) is 6.92 Å². The fourth-order valence-corrected chi connectivity index (χ4v) is 6.47. The van der Waals surface area contributed by atoms with Crippen molar-refractivity contribution in [1.82, 2.24) is 14.1 Å². The minimum atomic E-state index is -3.49. The van der Waals surface area contributed by atoms with E-state index in [4.69, 9.17) is 0 Å². The van der Waals surface area contributed by atoms with Crippen LogP contribution in [0.1, 0.15) is 86.3 Å². The van der Waals surface area contributed by atoms with Crippen LogP contribution in [-0.4, -0.2) is 72.3 Å². The molecule has 8 heteroatoms. The van der Waals surface area contributed by atoms with Crippen LogP contribution in [0.25, 0.3) is 0 Å². The maximum Gasteiger partial charge on any atom is 0.253 e. The first-order chi connectivity index (χ1) is 19.2. The SMILES string of the molecule is CCCCCc1ccc(C(=O)N2CCC(N(Cc3ccccc3C)C(=O)CN(CCC)S(=O)(=O)CC)CC2)cc1. The van der Waals surface area contributed by atoms with Gasteiger partial charge in [0.1, 0.15) is 0 Å². The van der Waals surface area contributed by atoms with Crippen LogP contribution in [0.2, 0.25) is 0 Å². The third-order valence-corrected chi connectivity index (χ3v) is 9.76. The number of amides is 2. The highest BCUT2D eigenvalue weighted by atomic mass is 32.2. The lowest BCUT2D eigenvalue weighted by molar-refractivity contribution is -0.135. The number of carbonyl (C=O) groups excluding carboxylic acids is 2. The maximum absolute atomic E-state index is 13.7. The van der Waals surface area contributed by atoms with Crippen molar-refractivity contribution in [3.8, 4) is 0 Å². The van der Waals surface area contributed by atoms with E-state index < -0.39 is 10.0 Å². The Morgan fingerprint density at radius 3 is 2.20 bits per heavy atom. The van der Waals surface area contributed by atoms with Crippen molar-refractivity contribution in [3.63, 3.8) is 0 Å². The number of carbonyl (C=O) groups is 2. The van der Waals surface area contributed by atoms with Crippen LogP contribution in [0, 0.1) is 6.92 Å². The van der Waals surface area contributed by atoms with Gasteiger partial charge in [0, 0.05) is 37.8 Å². The second-order valence-corrected chi connectivity index (χ2v) is 13.1. The number of likely N-dealkylation sites (tertiary alicyclic amines) is 1. The second kappa shape index (κ2) is 15.3. The van der Waals surface area contributed by atoms with Crippen molar-refractivity contribution >= 4 is 21.8 Å². The molecule has 1 aliphatic rings. The maximum atomic E-state index is 13.7. The van der Waals surface area contributed by atoms with E-state index in [2.05, 4.69) is 19.1 Å². The van der Waals surface area contributed by atoms with Crippen molar-refractivity contribution in [1.29, 1.82) is 0 Å². The van der Waals surface area contributed by atoms with Gasteiger partial charge in [-0.2, -0.15) is 4.31 Å². The summed E-state index contributed by atoms with van der Waals surface area (Å²) in [6, 6.07) is 15.9. The van der Waals surface area contributed by atoms with Crippen molar-refractivity contribution in [2.75, 3.05) is 31.9 Å². The summed E-state index contributed by atoms with van der Waals surface area (Å²) >= 11 is 0. The number of aryl methyl sites for hydroxylation is 2. The average Bonchev–Trinajstić information content (AvgIpc) is 2.96. The highest BCUT2D eigenvalue weighted by Gasteiger charge is 2.32. The first kappa shape index (κ1) is 31.8. The van der Waals surface area contributed by atoms with Gasteiger partial charge < -0.3 is 9.80 Å². The van der Waals surface area contributed by atoms with Gasteiger partial charge in [0.25, 0.3) is 5.91 Å². The molecule has 40 heavy (non-hydrogen) atoms. The second-order valence-electron chi connectivity index (χ2n) is 10.9. The number of sulfonamides is 1. The fourth-order valence-electron chi connectivity index (χ4n) is 5.34. The summed E-state index contributed by atoms with van der Waals surface area (Å²) in [5.41, 5.74) is 4.10. The Balaban J connectivity index is 1.71. The number of rotatable bonds is 14. The third kappa shape index (κ3) is 8.64. The zero-order chi connectivity index (χ0) is 29.1. The minimum absolute atomic E-state index is 0.0264. The number of hydrogen-bond donors (Lipinski definition) is 0. The lowest BCUT2D eigenvalue weighted by Gasteiger charge is -2.39. The Morgan fingerprint density at radius 1 is 0.925 bits per heavy atom. The van der Waals surface area contributed by atoms with Crippen molar-refractivity contribution in [2.24, 2.45) is 0 Å². The molecule has 2 amide bonds.